The fourth-order valence-electron chi connectivity index (χ4n) is 1.63. The van der Waals surface area contributed by atoms with Crippen LogP contribution in [0.15, 0.2) is 0 Å². The Hall–Kier alpha value is -0.570. The number of ether oxygens (including phenoxy) is 1. The molecule has 0 N–H and O–H groups in total. The number of esters is 1. The molecule has 1 atom stereocenters. The summed E-state index contributed by atoms with van der Waals surface area (Å²) in [4.78, 5) is 13.3. The van der Waals surface area contributed by atoms with Crippen molar-refractivity contribution in [3.63, 3.8) is 0 Å². The molecule has 1 unspecified atom stereocenters. The Morgan fingerprint density at radius 3 is 2.23 bits per heavy atom. The molecule has 0 radical (unpaired) electrons. The van der Waals surface area contributed by atoms with Gasteiger partial charge in [-0.05, 0) is 27.3 Å². The van der Waals surface area contributed by atoms with E-state index in [2.05, 4.69) is 37.3 Å². The predicted molar refractivity (Wildman–Crippen MR) is 53.6 cm³/mol. The summed E-state index contributed by atoms with van der Waals surface area (Å²) in [5, 5.41) is 0. The summed E-state index contributed by atoms with van der Waals surface area (Å²) >= 11 is 0. The molecule has 0 aromatic rings. The van der Waals surface area contributed by atoms with Crippen LogP contribution in [0.1, 0.15) is 34.1 Å². The zero-order valence-electron chi connectivity index (χ0n) is 9.33. The Balaban J connectivity index is 4.05. The molecule has 3 heteroatoms. The zero-order chi connectivity index (χ0) is 10.4. The van der Waals surface area contributed by atoms with Crippen molar-refractivity contribution in [3.05, 3.63) is 0 Å². The number of hydrogen-bond acceptors (Lipinski definition) is 3. The van der Waals surface area contributed by atoms with E-state index in [0.29, 0.717) is 12.5 Å². The van der Waals surface area contributed by atoms with Crippen LogP contribution in [0.4, 0.5) is 0 Å². The monoisotopic (exact) mass is 187 g/mol. The number of carbonyl (C=O) groups excluding carboxylic acids is 1. The molecular weight excluding hydrogens is 166 g/mol. The van der Waals surface area contributed by atoms with E-state index in [-0.39, 0.29) is 12.0 Å². The lowest BCUT2D eigenvalue weighted by Crippen LogP contribution is -2.39. The Kier molecular flexibility index (Phi) is 5.71. The molecule has 0 saturated carbocycles. The number of rotatable bonds is 5. The Labute approximate surface area is 81.1 Å². The van der Waals surface area contributed by atoms with E-state index in [4.69, 9.17) is 0 Å². The van der Waals surface area contributed by atoms with Crippen molar-refractivity contribution in [3.8, 4) is 0 Å². The number of nitrogens with zero attached hydrogens (tertiary/aromatic N) is 1. The number of hydrogen-bond donors (Lipinski definition) is 0. The quantitative estimate of drug-likeness (QED) is 0.613. The van der Waals surface area contributed by atoms with Gasteiger partial charge in [-0.15, -0.1) is 0 Å². The lowest BCUT2D eigenvalue weighted by atomic mass is 10.1. The average molecular weight is 187 g/mol. The summed E-state index contributed by atoms with van der Waals surface area (Å²) in [5.74, 6) is -0.133. The van der Waals surface area contributed by atoms with Crippen LogP contribution in [0, 0.1) is 0 Å². The summed E-state index contributed by atoms with van der Waals surface area (Å²) in [6, 6.07) is 0.738. The summed E-state index contributed by atoms with van der Waals surface area (Å²) in [7, 11) is 1.43. The second-order valence-electron chi connectivity index (χ2n) is 3.55. The molecular formula is C10H21NO2. The highest BCUT2D eigenvalue weighted by molar-refractivity contribution is 5.69. The summed E-state index contributed by atoms with van der Waals surface area (Å²) in [6.07, 6.45) is 0.475. The zero-order valence-corrected chi connectivity index (χ0v) is 9.33. The largest absolute Gasteiger partial charge is 0.469 e. The molecule has 0 amide bonds. The first-order chi connectivity index (χ1) is 6.02. The van der Waals surface area contributed by atoms with Crippen molar-refractivity contribution in [2.24, 2.45) is 0 Å². The molecule has 0 saturated heterocycles. The van der Waals surface area contributed by atoms with Crippen molar-refractivity contribution >= 4 is 5.97 Å². The van der Waals surface area contributed by atoms with E-state index in [0.717, 1.165) is 6.54 Å². The molecule has 3 nitrogen and oxygen atoms in total. The summed E-state index contributed by atoms with van der Waals surface area (Å²) < 4.78 is 4.63. The van der Waals surface area contributed by atoms with Gasteiger partial charge in [0.1, 0.15) is 0 Å². The van der Waals surface area contributed by atoms with Crippen LogP contribution >= 0.6 is 0 Å². The first kappa shape index (κ1) is 12.4. The maximum absolute atomic E-state index is 11.0. The number of methoxy groups -OCH3 is 1. The lowest BCUT2D eigenvalue weighted by molar-refractivity contribution is -0.142. The first-order valence-corrected chi connectivity index (χ1v) is 4.85. The van der Waals surface area contributed by atoms with Crippen LogP contribution in [0.2, 0.25) is 0 Å². The number of carbonyl (C=O) groups is 1. The second-order valence-corrected chi connectivity index (χ2v) is 3.55. The van der Waals surface area contributed by atoms with E-state index >= 15 is 0 Å². The van der Waals surface area contributed by atoms with E-state index in [1.54, 1.807) is 0 Å². The van der Waals surface area contributed by atoms with Crippen LogP contribution in [-0.4, -0.2) is 36.6 Å². The Morgan fingerprint density at radius 1 is 1.38 bits per heavy atom. The highest BCUT2D eigenvalue weighted by atomic mass is 16.5. The predicted octanol–water partition coefficient (Wildman–Crippen LogP) is 1.67. The summed E-state index contributed by atoms with van der Waals surface area (Å²) in [6.45, 7) is 9.40. The molecule has 0 aliphatic rings. The van der Waals surface area contributed by atoms with Gasteiger partial charge in [0.25, 0.3) is 0 Å². The third kappa shape index (κ3) is 4.27. The maximum atomic E-state index is 11.0. The molecule has 0 fully saturated rings. The van der Waals surface area contributed by atoms with Crippen LogP contribution in [0.3, 0.4) is 0 Å². The van der Waals surface area contributed by atoms with Crippen LogP contribution in [0.5, 0.6) is 0 Å². The normalized spacial score (nSPS) is 13.5. The fourth-order valence-corrected chi connectivity index (χ4v) is 1.63. The molecule has 0 spiro atoms. The van der Waals surface area contributed by atoms with E-state index < -0.39 is 0 Å². The van der Waals surface area contributed by atoms with Gasteiger partial charge in [-0.3, -0.25) is 9.69 Å². The molecule has 0 aromatic carbocycles. The Morgan fingerprint density at radius 2 is 1.92 bits per heavy atom. The van der Waals surface area contributed by atoms with Crippen LogP contribution < -0.4 is 0 Å². The summed E-state index contributed by atoms with van der Waals surface area (Å²) in [5.41, 5.74) is 0. The van der Waals surface area contributed by atoms with Crippen molar-refractivity contribution in [2.45, 2.75) is 46.2 Å². The van der Waals surface area contributed by atoms with Gasteiger partial charge >= 0.3 is 5.97 Å². The van der Waals surface area contributed by atoms with Gasteiger partial charge in [-0.2, -0.15) is 0 Å². The van der Waals surface area contributed by atoms with Gasteiger partial charge in [0.05, 0.1) is 13.5 Å². The minimum atomic E-state index is -0.133. The van der Waals surface area contributed by atoms with Crippen molar-refractivity contribution in [1.82, 2.24) is 4.90 Å². The highest BCUT2D eigenvalue weighted by Crippen LogP contribution is 2.08. The molecule has 0 heterocycles. The molecule has 0 aliphatic carbocycles. The van der Waals surface area contributed by atoms with Gasteiger partial charge < -0.3 is 4.74 Å². The van der Waals surface area contributed by atoms with Crippen LogP contribution in [-0.2, 0) is 9.53 Å². The van der Waals surface area contributed by atoms with Gasteiger partial charge in [0, 0.05) is 12.1 Å². The van der Waals surface area contributed by atoms with E-state index in [1.165, 1.54) is 7.11 Å². The molecule has 0 aliphatic heterocycles. The molecule has 78 valence electrons. The van der Waals surface area contributed by atoms with Gasteiger partial charge in [0.2, 0.25) is 0 Å². The highest BCUT2D eigenvalue weighted by Gasteiger charge is 2.18. The molecule has 13 heavy (non-hydrogen) atoms. The first-order valence-electron chi connectivity index (χ1n) is 4.85. The van der Waals surface area contributed by atoms with Crippen molar-refractivity contribution in [1.29, 1.82) is 0 Å². The molecule has 0 bridgehead atoms. The van der Waals surface area contributed by atoms with Gasteiger partial charge in [-0.25, -0.2) is 0 Å². The lowest BCUT2D eigenvalue weighted by Gasteiger charge is -2.30. The average Bonchev–Trinajstić information content (AvgIpc) is 2.04. The van der Waals surface area contributed by atoms with Gasteiger partial charge in [0.15, 0.2) is 0 Å². The van der Waals surface area contributed by atoms with E-state index in [9.17, 15) is 4.79 Å². The van der Waals surface area contributed by atoms with Gasteiger partial charge in [-0.1, -0.05) is 6.92 Å². The Bertz CT molecular complexity index is 157. The topological polar surface area (TPSA) is 29.5 Å². The minimum Gasteiger partial charge on any atom is -0.469 e. The van der Waals surface area contributed by atoms with E-state index in [1.807, 2.05) is 0 Å². The third-order valence-electron chi connectivity index (χ3n) is 2.28. The minimum absolute atomic E-state index is 0.133. The third-order valence-corrected chi connectivity index (χ3v) is 2.28. The smallest absolute Gasteiger partial charge is 0.307 e. The molecule has 0 rings (SSSR count). The van der Waals surface area contributed by atoms with Crippen molar-refractivity contribution < 1.29 is 9.53 Å². The fraction of sp³-hybridized carbons (Fsp3) is 0.900. The van der Waals surface area contributed by atoms with Crippen LogP contribution in [0.25, 0.3) is 0 Å². The second kappa shape index (κ2) is 5.97. The maximum Gasteiger partial charge on any atom is 0.307 e. The van der Waals surface area contributed by atoms with Crippen molar-refractivity contribution in [2.75, 3.05) is 13.7 Å². The molecule has 0 aromatic heterocycles. The SMILES string of the molecule is CCN(C(C)C)C(C)CC(=O)OC. The standard InChI is InChI=1S/C10H21NO2/c1-6-11(8(2)3)9(4)7-10(12)13-5/h8-9H,6-7H2,1-5H3.